The number of aromatic nitrogens is 2. The van der Waals surface area contributed by atoms with Crippen molar-refractivity contribution in [3.05, 3.63) is 104 Å². The van der Waals surface area contributed by atoms with Crippen molar-refractivity contribution in [2.24, 2.45) is 5.92 Å². The van der Waals surface area contributed by atoms with Crippen LogP contribution in [0.2, 0.25) is 0 Å². The number of nitrogens with zero attached hydrogens (tertiary/aromatic N) is 3. The molecule has 2 aliphatic rings. The molecule has 4 aromatic rings. The van der Waals surface area contributed by atoms with Gasteiger partial charge in [0.25, 0.3) is 0 Å². The van der Waals surface area contributed by atoms with Crippen molar-refractivity contribution in [1.82, 2.24) is 9.55 Å². The number of carbonyl (C=O) groups excluding carboxylic acids is 5. The van der Waals surface area contributed by atoms with E-state index < -0.39 is 51.6 Å². The van der Waals surface area contributed by atoms with Crippen LogP contribution in [-0.2, 0) is 30.4 Å². The summed E-state index contributed by atoms with van der Waals surface area (Å²) in [6.07, 6.45) is 3.20. The first-order valence-electron chi connectivity index (χ1n) is 14.7. The van der Waals surface area contributed by atoms with Crippen molar-refractivity contribution in [3.63, 3.8) is 0 Å². The number of esters is 2. The second kappa shape index (κ2) is 13.3. The Labute approximate surface area is 276 Å². The lowest BCUT2D eigenvalue weighted by molar-refractivity contribution is -0.122. The van der Waals surface area contributed by atoms with Crippen LogP contribution in [0.15, 0.2) is 82.9 Å². The maximum absolute atomic E-state index is 14.0. The minimum atomic E-state index is -0.885. The van der Waals surface area contributed by atoms with E-state index in [1.165, 1.54) is 41.0 Å². The number of fused-ring (bicyclic) bond motifs is 2. The lowest BCUT2D eigenvalue weighted by Crippen LogP contribution is -2.33. The van der Waals surface area contributed by atoms with Crippen molar-refractivity contribution in [1.29, 1.82) is 0 Å². The Bertz CT molecular complexity index is 1920. The van der Waals surface area contributed by atoms with Crippen LogP contribution in [0.4, 0.5) is 11.4 Å². The highest BCUT2D eigenvalue weighted by Crippen LogP contribution is 2.53. The molecule has 2 aromatic carbocycles. The van der Waals surface area contributed by atoms with Gasteiger partial charge in [-0.1, -0.05) is 29.2 Å². The smallest absolute Gasteiger partial charge is 0.338 e. The molecule has 3 amide bonds. The van der Waals surface area contributed by atoms with Crippen molar-refractivity contribution in [3.8, 4) is 0 Å². The van der Waals surface area contributed by atoms with Crippen molar-refractivity contribution < 1.29 is 33.4 Å². The van der Waals surface area contributed by atoms with Gasteiger partial charge in [0, 0.05) is 28.9 Å². The third-order valence-corrected chi connectivity index (χ3v) is 10.3. The molecular weight excluding hydrogens is 645 g/mol. The zero-order valence-corrected chi connectivity index (χ0v) is 26.8. The van der Waals surface area contributed by atoms with E-state index in [9.17, 15) is 28.8 Å². The van der Waals surface area contributed by atoms with Gasteiger partial charge in [-0.25, -0.2) is 14.5 Å². The van der Waals surface area contributed by atoms with Crippen LogP contribution in [0.5, 0.6) is 0 Å². The van der Waals surface area contributed by atoms with Gasteiger partial charge in [-0.05, 0) is 74.0 Å². The van der Waals surface area contributed by atoms with E-state index in [0.29, 0.717) is 32.4 Å². The normalized spacial score (nSPS) is 18.3. The number of anilines is 2. The Hall–Kier alpha value is -5.08. The molecule has 0 bridgehead atoms. The topological polar surface area (TPSA) is 154 Å². The number of ether oxygens (including phenoxy) is 2. The monoisotopic (exact) mass is 672 g/mol. The lowest BCUT2D eigenvalue weighted by atomic mass is 9.84. The third-order valence-electron chi connectivity index (χ3n) is 7.71. The Balaban J connectivity index is 1.30. The zero-order valence-electron chi connectivity index (χ0n) is 25.2. The summed E-state index contributed by atoms with van der Waals surface area (Å²) in [6, 6.07) is 15.7. The molecule has 0 saturated carbocycles. The summed E-state index contributed by atoms with van der Waals surface area (Å²) in [4.78, 5) is 84.1. The molecule has 47 heavy (non-hydrogen) atoms. The Kier molecular flexibility index (Phi) is 9.05. The molecule has 12 nitrogen and oxygen atoms in total. The molecule has 4 heterocycles. The van der Waals surface area contributed by atoms with Crippen LogP contribution in [0.1, 0.15) is 50.9 Å². The summed E-state index contributed by atoms with van der Waals surface area (Å²) >= 11 is 2.02. The second-order valence-corrected chi connectivity index (χ2v) is 12.7. The zero-order chi connectivity index (χ0) is 33.2. The van der Waals surface area contributed by atoms with Gasteiger partial charge in [0.15, 0.2) is 0 Å². The molecule has 14 heteroatoms. The largest absolute Gasteiger partial charge is 0.462 e. The molecule has 6 rings (SSSR count). The van der Waals surface area contributed by atoms with Crippen LogP contribution in [0.3, 0.4) is 0 Å². The fourth-order valence-electron chi connectivity index (χ4n) is 5.64. The van der Waals surface area contributed by atoms with Crippen molar-refractivity contribution in [2.45, 2.75) is 36.6 Å². The molecule has 0 aliphatic carbocycles. The van der Waals surface area contributed by atoms with Gasteiger partial charge in [0.1, 0.15) is 11.8 Å². The first-order chi connectivity index (χ1) is 22.7. The Morgan fingerprint density at radius 1 is 0.872 bits per heavy atom. The Morgan fingerprint density at radius 2 is 1.51 bits per heavy atom. The van der Waals surface area contributed by atoms with Crippen LogP contribution in [-0.4, -0.2) is 57.7 Å². The fourth-order valence-corrected chi connectivity index (χ4v) is 8.41. The van der Waals surface area contributed by atoms with Crippen LogP contribution in [0.25, 0.3) is 0 Å². The standard InChI is InChI=1S/C33H28N4O8S2/c1-3-44-31(41)18-7-11-21(12-8-18)35-23(38)17-36-30-27(47-33(36)43)24(20-6-5-15-34-16-20)25-26(46-30)29(40)37(28(25)39)22-13-9-19(10-14-22)32(42)45-4-2/h5-16,24-26H,3-4,17H2,1-2H3,(H,35,38)/t24-,25+,26-/m0/s1. The number of amides is 3. The van der Waals surface area contributed by atoms with Gasteiger partial charge in [-0.15, -0.1) is 0 Å². The average Bonchev–Trinajstić information content (AvgIpc) is 3.51. The number of hydrogen-bond donors (Lipinski definition) is 1. The summed E-state index contributed by atoms with van der Waals surface area (Å²) in [7, 11) is 0. The summed E-state index contributed by atoms with van der Waals surface area (Å²) < 4.78 is 11.3. The van der Waals surface area contributed by atoms with Gasteiger partial charge in [0.2, 0.25) is 17.7 Å². The fraction of sp³-hybridized carbons (Fsp3) is 0.242. The van der Waals surface area contributed by atoms with E-state index in [1.54, 1.807) is 50.5 Å². The van der Waals surface area contributed by atoms with Gasteiger partial charge in [-0.2, -0.15) is 0 Å². The molecule has 2 aliphatic heterocycles. The summed E-state index contributed by atoms with van der Waals surface area (Å²) in [5.41, 5.74) is 2.00. The molecule has 3 atom stereocenters. The highest BCUT2D eigenvalue weighted by molar-refractivity contribution is 8.00. The van der Waals surface area contributed by atoms with E-state index in [-0.39, 0.29) is 25.3 Å². The minimum Gasteiger partial charge on any atom is -0.462 e. The van der Waals surface area contributed by atoms with E-state index in [4.69, 9.17) is 9.47 Å². The van der Waals surface area contributed by atoms with Gasteiger partial charge in [0.05, 0.1) is 41.0 Å². The molecule has 1 saturated heterocycles. The SMILES string of the molecule is CCOC(=O)c1ccc(NC(=O)Cn2c3c(sc2=O)[C@@H](c2cccnc2)[C@H]2C(=O)N(c4ccc(C(=O)OCC)cc4)C(=O)[C@H]2S3)cc1. The first-order valence-corrected chi connectivity index (χ1v) is 16.4. The van der Waals surface area contributed by atoms with Gasteiger partial charge >= 0.3 is 16.8 Å². The molecule has 1 fully saturated rings. The maximum Gasteiger partial charge on any atom is 0.338 e. The van der Waals surface area contributed by atoms with Crippen molar-refractivity contribution >= 4 is 64.1 Å². The number of hydrogen-bond acceptors (Lipinski definition) is 11. The summed E-state index contributed by atoms with van der Waals surface area (Å²) in [6.45, 7) is 3.51. The van der Waals surface area contributed by atoms with E-state index in [2.05, 4.69) is 10.3 Å². The molecule has 0 radical (unpaired) electrons. The number of thioether (sulfide) groups is 1. The molecule has 0 spiro atoms. The number of benzene rings is 2. The minimum absolute atomic E-state index is 0.209. The van der Waals surface area contributed by atoms with E-state index >= 15 is 0 Å². The van der Waals surface area contributed by atoms with Crippen LogP contribution < -0.4 is 15.1 Å². The van der Waals surface area contributed by atoms with E-state index in [1.807, 2.05) is 0 Å². The first kappa shape index (κ1) is 31.9. The molecule has 240 valence electrons. The number of rotatable bonds is 9. The summed E-state index contributed by atoms with van der Waals surface area (Å²) in [5.74, 6) is -3.90. The highest BCUT2D eigenvalue weighted by Gasteiger charge is 2.57. The highest BCUT2D eigenvalue weighted by atomic mass is 32.2. The summed E-state index contributed by atoms with van der Waals surface area (Å²) in [5, 5.41) is 2.29. The lowest BCUT2D eigenvalue weighted by Gasteiger charge is -2.30. The maximum atomic E-state index is 14.0. The number of imide groups is 1. The number of carbonyl (C=O) groups is 5. The van der Waals surface area contributed by atoms with Crippen LogP contribution in [0, 0.1) is 5.92 Å². The molecular formula is C33H28N4O8S2. The van der Waals surface area contributed by atoms with Crippen molar-refractivity contribution in [2.75, 3.05) is 23.4 Å². The third kappa shape index (κ3) is 6.09. The average molecular weight is 673 g/mol. The Morgan fingerprint density at radius 3 is 2.11 bits per heavy atom. The molecule has 1 N–H and O–H groups in total. The van der Waals surface area contributed by atoms with Gasteiger partial charge in [-0.3, -0.25) is 28.7 Å². The number of pyridine rings is 1. The second-order valence-electron chi connectivity index (χ2n) is 10.6. The predicted molar refractivity (Wildman–Crippen MR) is 174 cm³/mol. The molecule has 0 unspecified atom stereocenters. The number of thiazole rings is 1. The number of nitrogens with one attached hydrogen (secondary N) is 1. The predicted octanol–water partition coefficient (Wildman–Crippen LogP) is 4.09. The molecule has 2 aromatic heterocycles. The van der Waals surface area contributed by atoms with E-state index in [0.717, 1.165) is 28.0 Å². The van der Waals surface area contributed by atoms with Gasteiger partial charge < -0.3 is 14.8 Å². The van der Waals surface area contributed by atoms with Crippen LogP contribution >= 0.6 is 23.1 Å². The quantitative estimate of drug-likeness (QED) is 0.203.